The van der Waals surface area contributed by atoms with Gasteiger partial charge in [-0.15, -0.1) is 0 Å². The fraction of sp³-hybridized carbons (Fsp3) is 0.222. The minimum Gasteiger partial charge on any atom is -0.483 e. The zero-order valence-electron chi connectivity index (χ0n) is 13.6. The van der Waals surface area contributed by atoms with Crippen molar-refractivity contribution in [2.75, 3.05) is 7.11 Å². The molecule has 0 amide bonds. The third-order valence-corrected chi connectivity index (χ3v) is 3.79. The van der Waals surface area contributed by atoms with Gasteiger partial charge in [0.1, 0.15) is 23.7 Å². The first-order valence-electron chi connectivity index (χ1n) is 7.38. The fourth-order valence-corrected chi connectivity index (χ4v) is 2.35. The second kappa shape index (κ2) is 8.74. The number of hydrogen-bond acceptors (Lipinski definition) is 5. The topological polar surface area (TPSA) is 61.8 Å². The van der Waals surface area contributed by atoms with Crippen LogP contribution >= 0.6 is 23.2 Å². The Morgan fingerprint density at radius 2 is 1.68 bits per heavy atom. The number of benzene rings is 2. The van der Waals surface area contributed by atoms with E-state index in [2.05, 4.69) is 4.74 Å². The molecule has 2 aromatic carbocycles. The van der Waals surface area contributed by atoms with Gasteiger partial charge in [0.05, 0.1) is 12.1 Å². The number of halogens is 2. The molecule has 0 bridgehead atoms. The molecule has 1 unspecified atom stereocenters. The van der Waals surface area contributed by atoms with Crippen molar-refractivity contribution in [2.24, 2.45) is 0 Å². The Bertz CT molecular complexity index is 759. The number of Topliss-reactive ketones (excluding diaryl/α,β-unsaturated/α-hetero) is 1. The monoisotopic (exact) mass is 382 g/mol. The lowest BCUT2D eigenvalue weighted by molar-refractivity contribution is -0.144. The summed E-state index contributed by atoms with van der Waals surface area (Å²) < 4.78 is 15.6. The van der Waals surface area contributed by atoms with Crippen LogP contribution < -0.4 is 9.47 Å². The van der Waals surface area contributed by atoms with Crippen molar-refractivity contribution in [3.8, 4) is 17.2 Å². The number of esters is 1. The molecule has 25 heavy (non-hydrogen) atoms. The van der Waals surface area contributed by atoms with Crippen molar-refractivity contribution in [3.63, 3.8) is 0 Å². The maximum absolute atomic E-state index is 11.8. The molecule has 7 heteroatoms. The highest BCUT2D eigenvalue weighted by Gasteiger charge is 2.18. The number of ether oxygens (including phenoxy) is 3. The summed E-state index contributed by atoms with van der Waals surface area (Å²) in [6.07, 6.45) is -1.09. The summed E-state index contributed by atoms with van der Waals surface area (Å²) in [5, 5.41) is 0.918. The molecule has 132 valence electrons. The lowest BCUT2D eigenvalue weighted by Crippen LogP contribution is -2.26. The molecule has 1 atom stereocenters. The molecule has 2 aromatic rings. The summed E-state index contributed by atoms with van der Waals surface area (Å²) in [4.78, 5) is 22.9. The second-order valence-corrected chi connectivity index (χ2v) is 5.97. The van der Waals surface area contributed by atoms with Gasteiger partial charge < -0.3 is 14.2 Å². The van der Waals surface area contributed by atoms with Crippen LogP contribution in [0.25, 0.3) is 0 Å². The van der Waals surface area contributed by atoms with E-state index in [1.807, 2.05) is 0 Å². The first-order chi connectivity index (χ1) is 11.9. The SMILES string of the molecule is COC(=O)CC(=O)C(C)Oc1ccc(Oc2ccc(Cl)cc2Cl)cc1. The van der Waals surface area contributed by atoms with Gasteiger partial charge >= 0.3 is 5.97 Å². The summed E-state index contributed by atoms with van der Waals surface area (Å²) in [5.41, 5.74) is 0. The number of rotatable bonds is 7. The van der Waals surface area contributed by atoms with Crippen LogP contribution in [-0.2, 0) is 14.3 Å². The van der Waals surface area contributed by atoms with Crippen LogP contribution in [-0.4, -0.2) is 25.0 Å². The van der Waals surface area contributed by atoms with Gasteiger partial charge in [-0.3, -0.25) is 9.59 Å². The van der Waals surface area contributed by atoms with E-state index in [4.69, 9.17) is 32.7 Å². The van der Waals surface area contributed by atoms with Crippen LogP contribution in [0.5, 0.6) is 17.2 Å². The summed E-state index contributed by atoms with van der Waals surface area (Å²) in [7, 11) is 1.23. The van der Waals surface area contributed by atoms with E-state index in [1.54, 1.807) is 49.4 Å². The molecule has 0 spiro atoms. The molecule has 0 fully saturated rings. The van der Waals surface area contributed by atoms with Crippen molar-refractivity contribution in [3.05, 3.63) is 52.5 Å². The largest absolute Gasteiger partial charge is 0.483 e. The Hall–Kier alpha value is -2.24. The Balaban J connectivity index is 1.97. The minimum atomic E-state index is -0.767. The van der Waals surface area contributed by atoms with Crippen molar-refractivity contribution in [2.45, 2.75) is 19.4 Å². The predicted octanol–water partition coefficient (Wildman–Crippen LogP) is 4.69. The number of hydrogen-bond donors (Lipinski definition) is 0. The number of carbonyl (C=O) groups excluding carboxylic acids is 2. The molecule has 0 heterocycles. The molecule has 0 aliphatic heterocycles. The Kier molecular flexibility index (Phi) is 6.67. The van der Waals surface area contributed by atoms with Crippen LogP contribution in [0.1, 0.15) is 13.3 Å². The Labute approximate surface area is 155 Å². The maximum Gasteiger partial charge on any atom is 0.313 e. The zero-order chi connectivity index (χ0) is 18.4. The molecular weight excluding hydrogens is 367 g/mol. The Morgan fingerprint density at radius 1 is 1.04 bits per heavy atom. The van der Waals surface area contributed by atoms with Gasteiger partial charge in [-0.25, -0.2) is 0 Å². The molecule has 0 radical (unpaired) electrons. The normalized spacial score (nSPS) is 11.5. The van der Waals surface area contributed by atoms with Crippen molar-refractivity contribution in [1.29, 1.82) is 0 Å². The average molecular weight is 383 g/mol. The van der Waals surface area contributed by atoms with Crippen molar-refractivity contribution in [1.82, 2.24) is 0 Å². The van der Waals surface area contributed by atoms with E-state index < -0.39 is 12.1 Å². The van der Waals surface area contributed by atoms with E-state index in [1.165, 1.54) is 7.11 Å². The van der Waals surface area contributed by atoms with Crippen LogP contribution in [0.4, 0.5) is 0 Å². The molecule has 0 N–H and O–H groups in total. The molecule has 2 rings (SSSR count). The quantitative estimate of drug-likeness (QED) is 0.513. The number of carbonyl (C=O) groups is 2. The van der Waals surface area contributed by atoms with Crippen LogP contribution in [0, 0.1) is 0 Å². The third kappa shape index (κ3) is 5.66. The summed E-state index contributed by atoms with van der Waals surface area (Å²) in [5.74, 6) is 0.538. The highest BCUT2D eigenvalue weighted by atomic mass is 35.5. The third-order valence-electron chi connectivity index (χ3n) is 3.26. The van der Waals surface area contributed by atoms with Crippen LogP contribution in [0.3, 0.4) is 0 Å². The van der Waals surface area contributed by atoms with Gasteiger partial charge in [-0.05, 0) is 49.4 Å². The smallest absolute Gasteiger partial charge is 0.313 e. The highest BCUT2D eigenvalue weighted by Crippen LogP contribution is 2.32. The van der Waals surface area contributed by atoms with Gasteiger partial charge in [0.15, 0.2) is 11.9 Å². The first-order valence-corrected chi connectivity index (χ1v) is 8.14. The van der Waals surface area contributed by atoms with E-state index in [9.17, 15) is 9.59 Å². The molecule has 0 saturated carbocycles. The molecule has 5 nitrogen and oxygen atoms in total. The molecular formula is C18H16Cl2O5. The lowest BCUT2D eigenvalue weighted by Gasteiger charge is -2.14. The highest BCUT2D eigenvalue weighted by molar-refractivity contribution is 6.35. The molecule has 0 aliphatic carbocycles. The van der Waals surface area contributed by atoms with Crippen molar-refractivity contribution < 1.29 is 23.8 Å². The van der Waals surface area contributed by atoms with Gasteiger partial charge in [0.25, 0.3) is 0 Å². The minimum absolute atomic E-state index is 0.325. The predicted molar refractivity (Wildman–Crippen MR) is 94.7 cm³/mol. The standard InChI is InChI=1S/C18H16Cl2O5/c1-11(16(21)10-18(22)23-2)24-13-4-6-14(7-5-13)25-17-8-3-12(19)9-15(17)20/h3-9,11H,10H2,1-2H3. The first kappa shape index (κ1) is 19.1. The van der Waals surface area contributed by atoms with Gasteiger partial charge in [0, 0.05) is 5.02 Å². The number of methoxy groups -OCH3 is 1. The van der Waals surface area contributed by atoms with E-state index >= 15 is 0 Å². The maximum atomic E-state index is 11.8. The molecule has 0 aliphatic rings. The van der Waals surface area contributed by atoms with E-state index in [0.717, 1.165) is 0 Å². The van der Waals surface area contributed by atoms with E-state index in [-0.39, 0.29) is 12.2 Å². The second-order valence-electron chi connectivity index (χ2n) is 5.13. The molecule has 0 aromatic heterocycles. The Morgan fingerprint density at radius 3 is 2.28 bits per heavy atom. The fourth-order valence-electron chi connectivity index (χ4n) is 1.90. The summed E-state index contributed by atoms with van der Waals surface area (Å²) in [6.45, 7) is 1.57. The molecule has 0 saturated heterocycles. The average Bonchev–Trinajstić information content (AvgIpc) is 2.58. The van der Waals surface area contributed by atoms with Gasteiger partial charge in [0.2, 0.25) is 0 Å². The lowest BCUT2D eigenvalue weighted by atomic mass is 10.2. The summed E-state index contributed by atoms with van der Waals surface area (Å²) >= 11 is 11.9. The summed E-state index contributed by atoms with van der Waals surface area (Å²) in [6, 6.07) is 11.6. The van der Waals surface area contributed by atoms with Gasteiger partial charge in [-0.2, -0.15) is 0 Å². The van der Waals surface area contributed by atoms with E-state index in [0.29, 0.717) is 27.3 Å². The number of ketones is 1. The van der Waals surface area contributed by atoms with Crippen LogP contribution in [0.15, 0.2) is 42.5 Å². The van der Waals surface area contributed by atoms with Gasteiger partial charge in [-0.1, -0.05) is 23.2 Å². The van der Waals surface area contributed by atoms with Crippen molar-refractivity contribution >= 4 is 35.0 Å². The van der Waals surface area contributed by atoms with Crippen LogP contribution in [0.2, 0.25) is 10.0 Å². The zero-order valence-corrected chi connectivity index (χ0v) is 15.1.